The molecule has 0 aliphatic carbocycles. The van der Waals surface area contributed by atoms with E-state index in [0.717, 1.165) is 44.5 Å². The van der Waals surface area contributed by atoms with E-state index in [0.29, 0.717) is 40.7 Å². The van der Waals surface area contributed by atoms with Gasteiger partial charge in [-0.05, 0) is 75.1 Å². The lowest BCUT2D eigenvalue weighted by molar-refractivity contribution is -0.114. The molecule has 2 heterocycles. The van der Waals surface area contributed by atoms with Crippen molar-refractivity contribution in [2.24, 2.45) is 0 Å². The van der Waals surface area contributed by atoms with Gasteiger partial charge >= 0.3 is 0 Å². The summed E-state index contributed by atoms with van der Waals surface area (Å²) in [6.07, 6.45) is 2.62. The highest BCUT2D eigenvalue weighted by Crippen LogP contribution is 2.38. The summed E-state index contributed by atoms with van der Waals surface area (Å²) >= 11 is 0. The molecule has 0 atom stereocenters. The lowest BCUT2D eigenvalue weighted by Crippen LogP contribution is -2.45. The predicted molar refractivity (Wildman–Crippen MR) is 138 cm³/mol. The molecule has 190 valence electrons. The second kappa shape index (κ2) is 11.4. The summed E-state index contributed by atoms with van der Waals surface area (Å²) in [7, 11) is 0. The van der Waals surface area contributed by atoms with Gasteiger partial charge < -0.3 is 25.0 Å². The summed E-state index contributed by atoms with van der Waals surface area (Å²) in [5.41, 5.74) is 2.61. The lowest BCUT2D eigenvalue weighted by atomic mass is 10.0. The zero-order chi connectivity index (χ0) is 25.7. The molecule has 2 N–H and O–H groups in total. The fraction of sp³-hybridized carbons (Fsp3) is 0.393. The van der Waals surface area contributed by atoms with Gasteiger partial charge in [-0.15, -0.1) is 0 Å². The first-order valence-electron chi connectivity index (χ1n) is 12.4. The summed E-state index contributed by atoms with van der Waals surface area (Å²) in [6.45, 7) is 8.39. The molecule has 2 aliphatic heterocycles. The Hall–Kier alpha value is -3.65. The summed E-state index contributed by atoms with van der Waals surface area (Å²) < 4.78 is 11.7. The molecule has 2 amide bonds. The molecular formula is C28H33N3O5. The molecule has 0 spiro atoms. The molecule has 36 heavy (non-hydrogen) atoms. The number of Topliss-reactive ketones (excluding diaryl/α,β-unsaturated/α-hetero) is 1. The van der Waals surface area contributed by atoms with Crippen LogP contribution in [-0.2, 0) is 4.79 Å². The SMILES string of the molecule is CC(=O)Nc1ccc(C(=O)NC2CCN(CCCOc3cccc4c3C(=O)C(=C(C)C)O4)CC2)cc1. The van der Waals surface area contributed by atoms with Crippen molar-refractivity contribution >= 4 is 23.3 Å². The van der Waals surface area contributed by atoms with E-state index in [-0.39, 0.29) is 23.6 Å². The number of benzene rings is 2. The van der Waals surface area contributed by atoms with Crippen LogP contribution in [-0.4, -0.2) is 54.8 Å². The zero-order valence-electron chi connectivity index (χ0n) is 21.1. The van der Waals surface area contributed by atoms with E-state index in [1.54, 1.807) is 30.3 Å². The van der Waals surface area contributed by atoms with Crippen molar-refractivity contribution in [3.8, 4) is 11.5 Å². The minimum Gasteiger partial charge on any atom is -0.493 e. The van der Waals surface area contributed by atoms with E-state index >= 15 is 0 Å². The number of rotatable bonds is 8. The van der Waals surface area contributed by atoms with Crippen molar-refractivity contribution < 1.29 is 23.9 Å². The standard InChI is InChI=1S/C28H33N3O5/c1-18(2)27-26(33)25-23(6-4-7-24(25)36-27)35-17-5-14-31-15-12-22(13-16-31)30-28(34)20-8-10-21(11-9-20)29-19(3)32/h4,6-11,22H,5,12-17H2,1-3H3,(H,29,32)(H,30,34). The Bertz CT molecular complexity index is 1160. The molecule has 1 saturated heterocycles. The Morgan fingerprint density at radius 1 is 1.06 bits per heavy atom. The zero-order valence-corrected chi connectivity index (χ0v) is 21.1. The molecule has 2 aliphatic rings. The highest BCUT2D eigenvalue weighted by molar-refractivity contribution is 6.14. The monoisotopic (exact) mass is 491 g/mol. The average Bonchev–Trinajstić information content (AvgIpc) is 3.20. The first kappa shape index (κ1) is 25.4. The van der Waals surface area contributed by atoms with Crippen LogP contribution in [0, 0.1) is 0 Å². The Labute approximate surface area is 211 Å². The number of ketones is 1. The fourth-order valence-electron chi connectivity index (χ4n) is 4.49. The van der Waals surface area contributed by atoms with Gasteiger partial charge in [0.15, 0.2) is 5.76 Å². The van der Waals surface area contributed by atoms with E-state index in [1.807, 2.05) is 26.0 Å². The van der Waals surface area contributed by atoms with E-state index < -0.39 is 0 Å². The number of hydrogen-bond acceptors (Lipinski definition) is 6. The molecule has 0 bridgehead atoms. The topological polar surface area (TPSA) is 97.0 Å². The molecular weight excluding hydrogens is 458 g/mol. The van der Waals surface area contributed by atoms with Crippen LogP contribution in [0.2, 0.25) is 0 Å². The number of hydrogen-bond donors (Lipinski definition) is 2. The van der Waals surface area contributed by atoms with Gasteiger partial charge in [-0.1, -0.05) is 6.07 Å². The van der Waals surface area contributed by atoms with Crippen molar-refractivity contribution in [3.05, 3.63) is 64.9 Å². The molecule has 2 aromatic rings. The summed E-state index contributed by atoms with van der Waals surface area (Å²) in [5, 5.41) is 5.82. The number of nitrogens with one attached hydrogen (secondary N) is 2. The van der Waals surface area contributed by atoms with Gasteiger partial charge in [0.2, 0.25) is 11.7 Å². The highest BCUT2D eigenvalue weighted by Gasteiger charge is 2.31. The van der Waals surface area contributed by atoms with Crippen molar-refractivity contribution in [1.82, 2.24) is 10.2 Å². The van der Waals surface area contributed by atoms with Crippen molar-refractivity contribution in [1.29, 1.82) is 0 Å². The van der Waals surface area contributed by atoms with Gasteiger partial charge in [-0.25, -0.2) is 0 Å². The average molecular weight is 492 g/mol. The van der Waals surface area contributed by atoms with Crippen molar-refractivity contribution in [2.45, 2.75) is 46.1 Å². The molecule has 2 aromatic carbocycles. The first-order chi connectivity index (χ1) is 17.3. The molecule has 8 nitrogen and oxygen atoms in total. The smallest absolute Gasteiger partial charge is 0.251 e. The van der Waals surface area contributed by atoms with E-state index in [9.17, 15) is 14.4 Å². The van der Waals surface area contributed by atoms with Gasteiger partial charge in [0, 0.05) is 43.9 Å². The van der Waals surface area contributed by atoms with Crippen LogP contribution in [0.1, 0.15) is 60.7 Å². The minimum atomic E-state index is -0.142. The molecule has 1 fully saturated rings. The van der Waals surface area contributed by atoms with Crippen LogP contribution in [0.4, 0.5) is 5.69 Å². The molecule has 0 radical (unpaired) electrons. The Balaban J connectivity index is 1.18. The van der Waals surface area contributed by atoms with Gasteiger partial charge in [0.05, 0.1) is 6.61 Å². The number of carbonyl (C=O) groups excluding carboxylic acids is 3. The number of fused-ring (bicyclic) bond motifs is 1. The maximum atomic E-state index is 12.7. The molecule has 0 unspecified atom stereocenters. The Morgan fingerprint density at radius 2 is 1.78 bits per heavy atom. The second-order valence-electron chi connectivity index (χ2n) is 9.44. The third kappa shape index (κ3) is 6.12. The van der Waals surface area contributed by atoms with Gasteiger partial charge in [-0.3, -0.25) is 14.4 Å². The van der Waals surface area contributed by atoms with Crippen molar-refractivity contribution in [2.75, 3.05) is 31.6 Å². The fourth-order valence-corrected chi connectivity index (χ4v) is 4.49. The Kier molecular flexibility index (Phi) is 8.05. The minimum absolute atomic E-state index is 0.0959. The van der Waals surface area contributed by atoms with Crippen LogP contribution in [0.25, 0.3) is 0 Å². The van der Waals surface area contributed by atoms with Gasteiger partial charge in [0.1, 0.15) is 17.1 Å². The number of piperidine rings is 1. The number of carbonyl (C=O) groups is 3. The van der Waals surface area contributed by atoms with Crippen LogP contribution in [0.15, 0.2) is 53.8 Å². The number of allylic oxidation sites excluding steroid dienone is 2. The molecule has 0 aromatic heterocycles. The number of amides is 2. The van der Waals surface area contributed by atoms with Crippen LogP contribution in [0.3, 0.4) is 0 Å². The first-order valence-corrected chi connectivity index (χ1v) is 12.4. The number of anilines is 1. The summed E-state index contributed by atoms with van der Waals surface area (Å²) in [4.78, 5) is 38.8. The number of likely N-dealkylation sites (tertiary alicyclic amines) is 1. The van der Waals surface area contributed by atoms with Gasteiger partial charge in [-0.2, -0.15) is 0 Å². The quantitative estimate of drug-likeness (QED) is 0.425. The van der Waals surface area contributed by atoms with Crippen molar-refractivity contribution in [3.63, 3.8) is 0 Å². The Morgan fingerprint density at radius 3 is 2.44 bits per heavy atom. The number of ether oxygens (including phenoxy) is 2. The third-order valence-electron chi connectivity index (χ3n) is 6.35. The van der Waals surface area contributed by atoms with Crippen LogP contribution < -0.4 is 20.1 Å². The maximum absolute atomic E-state index is 12.7. The van der Waals surface area contributed by atoms with Crippen LogP contribution >= 0.6 is 0 Å². The second-order valence-corrected chi connectivity index (χ2v) is 9.44. The highest BCUT2D eigenvalue weighted by atomic mass is 16.5. The largest absolute Gasteiger partial charge is 0.493 e. The number of nitrogens with zero attached hydrogens (tertiary/aromatic N) is 1. The summed E-state index contributed by atoms with van der Waals surface area (Å²) in [5.74, 6) is 1.16. The van der Waals surface area contributed by atoms with E-state index in [4.69, 9.17) is 9.47 Å². The lowest BCUT2D eigenvalue weighted by Gasteiger charge is -2.32. The molecule has 8 heteroatoms. The maximum Gasteiger partial charge on any atom is 0.251 e. The summed E-state index contributed by atoms with van der Waals surface area (Å²) in [6, 6.07) is 12.5. The van der Waals surface area contributed by atoms with E-state index in [1.165, 1.54) is 6.92 Å². The van der Waals surface area contributed by atoms with Gasteiger partial charge in [0.25, 0.3) is 5.91 Å². The van der Waals surface area contributed by atoms with E-state index in [2.05, 4.69) is 15.5 Å². The normalized spacial score (nSPS) is 15.8. The van der Waals surface area contributed by atoms with Crippen LogP contribution in [0.5, 0.6) is 11.5 Å². The molecule has 0 saturated carbocycles. The molecule has 4 rings (SSSR count). The third-order valence-corrected chi connectivity index (χ3v) is 6.35. The predicted octanol–water partition coefficient (Wildman–Crippen LogP) is 4.18.